The smallest absolute Gasteiger partial charge is 0.274 e. The molecule has 3 aromatic rings. The van der Waals surface area contributed by atoms with Crippen molar-refractivity contribution < 1.29 is 9.59 Å². The molecule has 2 heterocycles. The van der Waals surface area contributed by atoms with Crippen LogP contribution in [0.25, 0.3) is 5.82 Å². The molecule has 10 heteroatoms. The molecule has 2 aromatic heterocycles. The Morgan fingerprint density at radius 3 is 2.63 bits per heavy atom. The largest absolute Gasteiger partial charge is 0.366 e. The van der Waals surface area contributed by atoms with Gasteiger partial charge in [0.25, 0.3) is 11.8 Å². The van der Waals surface area contributed by atoms with Gasteiger partial charge in [-0.15, -0.1) is 0 Å². The van der Waals surface area contributed by atoms with Crippen LogP contribution in [-0.2, 0) is 0 Å². The number of carbonyl (C=O) groups is 2. The quantitative estimate of drug-likeness (QED) is 0.603. The molecule has 0 atom stereocenters. The second-order valence-corrected chi connectivity index (χ2v) is 7.13. The summed E-state index contributed by atoms with van der Waals surface area (Å²) < 4.78 is 1.69. The van der Waals surface area contributed by atoms with Crippen molar-refractivity contribution in [3.63, 3.8) is 0 Å². The molecule has 0 bridgehead atoms. The number of aryl methyl sites for hydroxylation is 1. The molecule has 0 spiro atoms. The van der Waals surface area contributed by atoms with Gasteiger partial charge in [0, 0.05) is 12.3 Å². The highest BCUT2D eigenvalue weighted by atomic mass is 79.9. The number of primary amides is 1. The van der Waals surface area contributed by atoms with Gasteiger partial charge in [-0.25, -0.2) is 9.67 Å². The van der Waals surface area contributed by atoms with E-state index in [9.17, 15) is 9.59 Å². The number of benzene rings is 1. The van der Waals surface area contributed by atoms with Crippen molar-refractivity contribution in [3.05, 3.63) is 68.0 Å². The Bertz CT molecular complexity index is 1070. The number of nitrogens with zero attached hydrogens (tertiary/aromatic N) is 3. The molecule has 0 saturated heterocycles. The lowest BCUT2D eigenvalue weighted by Crippen LogP contribution is -2.22. The van der Waals surface area contributed by atoms with Gasteiger partial charge >= 0.3 is 0 Å². The number of hydrogen-bond acceptors (Lipinski definition) is 4. The highest BCUT2D eigenvalue weighted by molar-refractivity contribution is 9.10. The maximum Gasteiger partial charge on any atom is 0.274 e. The highest BCUT2D eigenvalue weighted by Crippen LogP contribution is 2.30. The van der Waals surface area contributed by atoms with Crippen LogP contribution >= 0.6 is 39.1 Å². The topological polar surface area (TPSA) is 103 Å². The minimum atomic E-state index is -0.701. The number of nitrogens with one attached hydrogen (secondary N) is 1. The van der Waals surface area contributed by atoms with E-state index in [0.717, 1.165) is 0 Å². The Hall–Kier alpha value is -2.42. The summed E-state index contributed by atoms with van der Waals surface area (Å²) in [5.74, 6) is -0.988. The molecule has 3 rings (SSSR count). The van der Waals surface area contributed by atoms with Gasteiger partial charge in [0.05, 0.1) is 21.3 Å². The van der Waals surface area contributed by atoms with Gasteiger partial charge in [0.15, 0.2) is 5.82 Å². The van der Waals surface area contributed by atoms with Crippen LogP contribution in [0.15, 0.2) is 41.1 Å². The molecule has 3 N–H and O–H groups in total. The van der Waals surface area contributed by atoms with Gasteiger partial charge < -0.3 is 11.1 Å². The molecule has 0 radical (unpaired) electrons. The van der Waals surface area contributed by atoms with Crippen molar-refractivity contribution >= 4 is 56.6 Å². The van der Waals surface area contributed by atoms with E-state index in [0.29, 0.717) is 15.2 Å². The van der Waals surface area contributed by atoms with E-state index in [4.69, 9.17) is 28.9 Å². The summed E-state index contributed by atoms with van der Waals surface area (Å²) >= 11 is 15.6. The molecule has 0 unspecified atom stereocenters. The fourth-order valence-corrected chi connectivity index (χ4v) is 3.29. The van der Waals surface area contributed by atoms with E-state index >= 15 is 0 Å². The Morgan fingerprint density at radius 1 is 1.22 bits per heavy atom. The second-order valence-electron chi connectivity index (χ2n) is 5.51. The van der Waals surface area contributed by atoms with Gasteiger partial charge in [0.1, 0.15) is 10.3 Å². The van der Waals surface area contributed by atoms with E-state index in [-0.39, 0.29) is 27.8 Å². The van der Waals surface area contributed by atoms with Gasteiger partial charge in [-0.1, -0.05) is 29.3 Å². The summed E-state index contributed by atoms with van der Waals surface area (Å²) in [7, 11) is 0. The van der Waals surface area contributed by atoms with Crippen molar-refractivity contribution in [2.75, 3.05) is 5.32 Å². The lowest BCUT2D eigenvalue weighted by Gasteiger charge is -2.14. The normalized spacial score (nSPS) is 10.7. The summed E-state index contributed by atoms with van der Waals surface area (Å²) in [5, 5.41) is 7.34. The first-order chi connectivity index (χ1) is 12.8. The SMILES string of the molecule is Cc1ccc(Cl)c(NC(=O)c2cc(Br)nn2-c2ncccc2Cl)c1C(N)=O. The van der Waals surface area contributed by atoms with Crippen LogP contribution in [0.4, 0.5) is 5.69 Å². The van der Waals surface area contributed by atoms with Crippen molar-refractivity contribution in [1.82, 2.24) is 14.8 Å². The molecule has 0 aliphatic heterocycles. The van der Waals surface area contributed by atoms with Crippen LogP contribution in [0.5, 0.6) is 0 Å². The lowest BCUT2D eigenvalue weighted by molar-refractivity contribution is 0.100. The van der Waals surface area contributed by atoms with Crippen LogP contribution < -0.4 is 11.1 Å². The molecule has 0 fully saturated rings. The lowest BCUT2D eigenvalue weighted by atomic mass is 10.1. The Morgan fingerprint density at radius 2 is 1.96 bits per heavy atom. The van der Waals surface area contributed by atoms with E-state index in [1.54, 1.807) is 31.2 Å². The fourth-order valence-electron chi connectivity index (χ4n) is 2.51. The maximum absolute atomic E-state index is 12.9. The fraction of sp³-hybridized carbons (Fsp3) is 0.0588. The molecular weight excluding hydrogens is 457 g/mol. The second kappa shape index (κ2) is 7.67. The molecular formula is C17H12BrCl2N5O2. The summed E-state index contributed by atoms with van der Waals surface area (Å²) in [6, 6.07) is 8.00. The van der Waals surface area contributed by atoms with Crippen molar-refractivity contribution in [1.29, 1.82) is 0 Å². The zero-order chi connectivity index (χ0) is 19.7. The van der Waals surface area contributed by atoms with Crippen LogP contribution in [0.2, 0.25) is 10.0 Å². The minimum absolute atomic E-state index is 0.130. The van der Waals surface area contributed by atoms with Crippen LogP contribution in [0.1, 0.15) is 26.4 Å². The van der Waals surface area contributed by atoms with E-state index < -0.39 is 11.8 Å². The monoisotopic (exact) mass is 467 g/mol. The van der Waals surface area contributed by atoms with E-state index in [1.807, 2.05) is 0 Å². The maximum atomic E-state index is 12.9. The Labute approximate surface area is 172 Å². The van der Waals surface area contributed by atoms with Gasteiger partial charge in [-0.05, 0) is 46.6 Å². The van der Waals surface area contributed by atoms with Crippen LogP contribution in [0, 0.1) is 6.92 Å². The summed E-state index contributed by atoms with van der Waals surface area (Å²) in [5.41, 5.74) is 6.43. The number of rotatable bonds is 4. The first-order valence-electron chi connectivity index (χ1n) is 7.56. The summed E-state index contributed by atoms with van der Waals surface area (Å²) in [6.07, 6.45) is 1.53. The molecule has 1 aromatic carbocycles. The average molecular weight is 469 g/mol. The Balaban J connectivity index is 2.07. The first-order valence-corrected chi connectivity index (χ1v) is 9.11. The van der Waals surface area contributed by atoms with E-state index in [1.165, 1.54) is 16.9 Å². The van der Waals surface area contributed by atoms with E-state index in [2.05, 4.69) is 31.3 Å². The van der Waals surface area contributed by atoms with Crippen LogP contribution in [0.3, 0.4) is 0 Å². The van der Waals surface area contributed by atoms with Crippen molar-refractivity contribution in [3.8, 4) is 5.82 Å². The van der Waals surface area contributed by atoms with Crippen molar-refractivity contribution in [2.45, 2.75) is 6.92 Å². The minimum Gasteiger partial charge on any atom is -0.366 e. The third-order valence-corrected chi connectivity index (χ3v) is 4.70. The molecule has 0 saturated carbocycles. The average Bonchev–Trinajstić information content (AvgIpc) is 3.00. The summed E-state index contributed by atoms with van der Waals surface area (Å²) in [6.45, 7) is 1.70. The predicted octanol–water partition coefficient (Wildman–Crippen LogP) is 4.00. The number of pyridine rings is 1. The number of amides is 2. The van der Waals surface area contributed by atoms with Gasteiger partial charge in [-0.3, -0.25) is 9.59 Å². The predicted molar refractivity (Wildman–Crippen MR) is 107 cm³/mol. The van der Waals surface area contributed by atoms with Gasteiger partial charge in [-0.2, -0.15) is 5.10 Å². The standard InChI is InChI=1S/C17H12BrCl2N5O2/c1-8-4-5-9(19)14(13(8)15(21)26)23-17(27)11-7-12(18)24-25(11)16-10(20)3-2-6-22-16/h2-7H,1H3,(H2,21,26)(H,23,27). The number of carbonyl (C=O) groups excluding carboxylic acids is 2. The zero-order valence-electron chi connectivity index (χ0n) is 13.8. The molecule has 138 valence electrons. The zero-order valence-corrected chi connectivity index (χ0v) is 16.9. The van der Waals surface area contributed by atoms with Crippen LogP contribution in [-0.4, -0.2) is 26.6 Å². The summed E-state index contributed by atoms with van der Waals surface area (Å²) in [4.78, 5) is 28.9. The molecule has 0 aliphatic carbocycles. The number of anilines is 1. The number of aromatic nitrogens is 3. The van der Waals surface area contributed by atoms with Gasteiger partial charge in [0.2, 0.25) is 0 Å². The number of halogens is 3. The molecule has 2 amide bonds. The Kier molecular flexibility index (Phi) is 5.50. The molecule has 7 nitrogen and oxygen atoms in total. The third-order valence-electron chi connectivity index (χ3n) is 3.70. The molecule has 27 heavy (non-hydrogen) atoms. The molecule has 0 aliphatic rings. The van der Waals surface area contributed by atoms with Crippen molar-refractivity contribution in [2.24, 2.45) is 5.73 Å². The first kappa shape index (κ1) is 19.3. The number of hydrogen-bond donors (Lipinski definition) is 2. The highest BCUT2D eigenvalue weighted by Gasteiger charge is 2.22. The third kappa shape index (κ3) is 3.83. The number of nitrogens with two attached hydrogens (primary N) is 1.